The molecule has 1 aliphatic heterocycles. The van der Waals surface area contributed by atoms with Gasteiger partial charge in [-0.2, -0.15) is 5.26 Å². The summed E-state index contributed by atoms with van der Waals surface area (Å²) in [6.07, 6.45) is 1.86. The smallest absolute Gasteiger partial charge is 0.322 e. The quantitative estimate of drug-likeness (QED) is 0.883. The number of nitriles is 1. The summed E-state index contributed by atoms with van der Waals surface area (Å²) in [6, 6.07) is 8.54. The second kappa shape index (κ2) is 6.75. The lowest BCUT2D eigenvalue weighted by molar-refractivity contribution is -0.124. The number of urea groups is 1. The summed E-state index contributed by atoms with van der Waals surface area (Å²) in [7, 11) is 1.57. The number of likely N-dealkylation sites (tertiary alicyclic amines) is 1. The highest BCUT2D eigenvalue weighted by atomic mass is 16.2. The van der Waals surface area contributed by atoms with E-state index in [0.29, 0.717) is 25.1 Å². The van der Waals surface area contributed by atoms with Gasteiger partial charge in [0.2, 0.25) is 5.91 Å². The minimum absolute atomic E-state index is 0.132. The van der Waals surface area contributed by atoms with Crippen molar-refractivity contribution in [2.45, 2.75) is 25.3 Å². The molecule has 1 aromatic rings. The molecule has 21 heavy (non-hydrogen) atoms. The highest BCUT2D eigenvalue weighted by molar-refractivity contribution is 5.94. The van der Waals surface area contributed by atoms with Gasteiger partial charge in [-0.1, -0.05) is 12.1 Å². The Kier molecular flexibility index (Phi) is 4.77. The highest BCUT2D eigenvalue weighted by Crippen LogP contribution is 2.19. The maximum atomic E-state index is 12.2. The van der Waals surface area contributed by atoms with Crippen molar-refractivity contribution in [1.29, 1.82) is 5.26 Å². The first-order chi connectivity index (χ1) is 10.2. The van der Waals surface area contributed by atoms with Crippen LogP contribution in [0, 0.1) is 11.3 Å². The average Bonchev–Trinajstić information content (AvgIpc) is 2.98. The van der Waals surface area contributed by atoms with Crippen LogP contribution >= 0.6 is 0 Å². The van der Waals surface area contributed by atoms with Gasteiger partial charge in [0.25, 0.3) is 0 Å². The van der Waals surface area contributed by atoms with Crippen LogP contribution in [0.15, 0.2) is 24.3 Å². The van der Waals surface area contributed by atoms with E-state index in [9.17, 15) is 9.59 Å². The minimum Gasteiger partial charge on any atom is -0.357 e. The lowest BCUT2D eigenvalue weighted by Gasteiger charge is -2.23. The van der Waals surface area contributed by atoms with Crippen molar-refractivity contribution in [3.05, 3.63) is 29.8 Å². The Morgan fingerprint density at radius 1 is 1.38 bits per heavy atom. The van der Waals surface area contributed by atoms with Crippen LogP contribution in [0.2, 0.25) is 0 Å². The van der Waals surface area contributed by atoms with Crippen molar-refractivity contribution < 1.29 is 9.59 Å². The molecule has 1 aromatic carbocycles. The summed E-state index contributed by atoms with van der Waals surface area (Å²) < 4.78 is 0. The Balaban J connectivity index is 2.00. The van der Waals surface area contributed by atoms with Crippen LogP contribution in [0.5, 0.6) is 0 Å². The van der Waals surface area contributed by atoms with E-state index < -0.39 is 6.04 Å². The van der Waals surface area contributed by atoms with Crippen molar-refractivity contribution in [1.82, 2.24) is 10.2 Å². The number of carbonyl (C=O) groups is 2. The zero-order valence-corrected chi connectivity index (χ0v) is 11.9. The third-order valence-electron chi connectivity index (χ3n) is 3.55. The first-order valence-corrected chi connectivity index (χ1v) is 6.91. The first kappa shape index (κ1) is 14.9. The lowest BCUT2D eigenvalue weighted by Crippen LogP contribution is -2.46. The van der Waals surface area contributed by atoms with Gasteiger partial charge in [-0.3, -0.25) is 4.79 Å². The van der Waals surface area contributed by atoms with Gasteiger partial charge >= 0.3 is 6.03 Å². The van der Waals surface area contributed by atoms with Gasteiger partial charge in [-0.05, 0) is 30.5 Å². The second-order valence-corrected chi connectivity index (χ2v) is 4.93. The van der Waals surface area contributed by atoms with Gasteiger partial charge < -0.3 is 15.5 Å². The second-order valence-electron chi connectivity index (χ2n) is 4.93. The van der Waals surface area contributed by atoms with E-state index in [2.05, 4.69) is 16.7 Å². The maximum Gasteiger partial charge on any atom is 0.322 e. The molecule has 0 radical (unpaired) electrons. The Bertz CT molecular complexity index is 562. The Morgan fingerprint density at radius 2 is 2.10 bits per heavy atom. The van der Waals surface area contributed by atoms with Crippen LogP contribution in [0.4, 0.5) is 10.5 Å². The molecule has 2 N–H and O–H groups in total. The zero-order valence-electron chi connectivity index (χ0n) is 11.9. The van der Waals surface area contributed by atoms with Crippen LogP contribution in [-0.4, -0.2) is 36.5 Å². The molecule has 1 saturated heterocycles. The maximum absolute atomic E-state index is 12.2. The Labute approximate surface area is 123 Å². The number of rotatable bonds is 3. The molecule has 6 heteroatoms. The van der Waals surface area contributed by atoms with Gasteiger partial charge in [0.15, 0.2) is 0 Å². The topological polar surface area (TPSA) is 85.2 Å². The normalized spacial score (nSPS) is 17.1. The molecule has 0 saturated carbocycles. The van der Waals surface area contributed by atoms with Gasteiger partial charge in [-0.25, -0.2) is 4.79 Å². The van der Waals surface area contributed by atoms with Crippen LogP contribution in [0.1, 0.15) is 18.4 Å². The summed E-state index contributed by atoms with van der Waals surface area (Å²) in [5, 5.41) is 14.0. The minimum atomic E-state index is -0.395. The molecule has 0 aromatic heterocycles. The number of carbonyl (C=O) groups excluding carboxylic acids is 2. The molecule has 3 amide bonds. The molecule has 2 rings (SSSR count). The molecule has 0 bridgehead atoms. The van der Waals surface area contributed by atoms with Crippen LogP contribution in [-0.2, 0) is 11.2 Å². The van der Waals surface area contributed by atoms with E-state index in [1.807, 2.05) is 0 Å². The molecular formula is C15H18N4O2. The monoisotopic (exact) mass is 286 g/mol. The van der Waals surface area contributed by atoms with Crippen molar-refractivity contribution in [2.75, 3.05) is 18.9 Å². The first-order valence-electron chi connectivity index (χ1n) is 6.91. The molecule has 0 spiro atoms. The molecule has 0 aliphatic carbocycles. The third kappa shape index (κ3) is 3.51. The summed E-state index contributed by atoms with van der Waals surface area (Å²) in [4.78, 5) is 25.5. The van der Waals surface area contributed by atoms with Crippen LogP contribution in [0.25, 0.3) is 0 Å². The summed E-state index contributed by atoms with van der Waals surface area (Å²) >= 11 is 0. The van der Waals surface area contributed by atoms with E-state index in [1.165, 1.54) is 0 Å². The molecule has 1 fully saturated rings. The van der Waals surface area contributed by atoms with E-state index in [0.717, 1.165) is 12.0 Å². The number of nitrogens with one attached hydrogen (secondary N) is 2. The summed E-state index contributed by atoms with van der Waals surface area (Å²) in [5.41, 5.74) is 1.56. The summed E-state index contributed by atoms with van der Waals surface area (Å²) in [6.45, 7) is 0.580. The fraction of sp³-hybridized carbons (Fsp3) is 0.400. The number of anilines is 1. The van der Waals surface area contributed by atoms with Gasteiger partial charge in [0, 0.05) is 19.3 Å². The molecule has 1 heterocycles. The van der Waals surface area contributed by atoms with Crippen molar-refractivity contribution in [2.24, 2.45) is 0 Å². The lowest BCUT2D eigenvalue weighted by atomic mass is 10.1. The average molecular weight is 286 g/mol. The number of hydrogen-bond donors (Lipinski definition) is 2. The summed E-state index contributed by atoms with van der Waals surface area (Å²) in [5.74, 6) is -0.132. The van der Waals surface area contributed by atoms with Gasteiger partial charge in [-0.15, -0.1) is 0 Å². The number of hydrogen-bond acceptors (Lipinski definition) is 3. The number of benzene rings is 1. The number of amides is 3. The van der Waals surface area contributed by atoms with E-state index >= 15 is 0 Å². The van der Waals surface area contributed by atoms with Crippen molar-refractivity contribution in [3.63, 3.8) is 0 Å². The fourth-order valence-corrected chi connectivity index (χ4v) is 2.44. The molecule has 1 aliphatic rings. The zero-order chi connectivity index (χ0) is 15.2. The largest absolute Gasteiger partial charge is 0.357 e. The SMILES string of the molecule is CNC(=O)C1CCCN1C(=O)Nc1ccc(CC#N)cc1. The van der Waals surface area contributed by atoms with E-state index in [1.54, 1.807) is 36.2 Å². The van der Waals surface area contributed by atoms with Gasteiger partial charge in [0.05, 0.1) is 12.5 Å². The van der Waals surface area contributed by atoms with Crippen LogP contribution in [0.3, 0.4) is 0 Å². The Hall–Kier alpha value is -2.55. The van der Waals surface area contributed by atoms with Crippen molar-refractivity contribution >= 4 is 17.6 Å². The van der Waals surface area contributed by atoms with E-state index in [-0.39, 0.29) is 11.9 Å². The predicted octanol–water partition coefficient (Wildman–Crippen LogP) is 1.49. The van der Waals surface area contributed by atoms with Gasteiger partial charge in [0.1, 0.15) is 6.04 Å². The number of nitrogens with zero attached hydrogens (tertiary/aromatic N) is 2. The standard InChI is InChI=1S/C15H18N4O2/c1-17-14(20)13-3-2-10-19(13)15(21)18-12-6-4-11(5-7-12)8-9-16/h4-7,13H,2-3,8,10H2,1H3,(H,17,20)(H,18,21). The molecule has 6 nitrogen and oxygen atoms in total. The third-order valence-corrected chi connectivity index (χ3v) is 3.55. The molecule has 1 unspecified atom stereocenters. The fourth-order valence-electron chi connectivity index (χ4n) is 2.44. The highest BCUT2D eigenvalue weighted by Gasteiger charge is 2.33. The van der Waals surface area contributed by atoms with Crippen LogP contribution < -0.4 is 10.6 Å². The molecule has 1 atom stereocenters. The van der Waals surface area contributed by atoms with Crippen molar-refractivity contribution in [3.8, 4) is 6.07 Å². The molecule has 110 valence electrons. The van der Waals surface area contributed by atoms with E-state index in [4.69, 9.17) is 5.26 Å². The molecular weight excluding hydrogens is 268 g/mol. The number of likely N-dealkylation sites (N-methyl/N-ethyl adjacent to an activating group) is 1. The predicted molar refractivity (Wildman–Crippen MR) is 78.6 cm³/mol. The Morgan fingerprint density at radius 3 is 2.71 bits per heavy atom.